The Hall–Kier alpha value is -4.30. The number of ketones is 1. The normalized spacial score (nSPS) is 16.7. The molecule has 1 N–H and O–H groups in total. The third kappa shape index (κ3) is 5.50. The van der Waals surface area contributed by atoms with Gasteiger partial charge in [0.25, 0.3) is 11.7 Å². The van der Waals surface area contributed by atoms with Crippen LogP contribution in [0.4, 0.5) is 0 Å². The zero-order valence-electron chi connectivity index (χ0n) is 22.0. The van der Waals surface area contributed by atoms with Crippen LogP contribution in [0, 0.1) is 0 Å². The summed E-state index contributed by atoms with van der Waals surface area (Å²) in [6.07, 6.45) is 0. The van der Waals surface area contributed by atoms with Gasteiger partial charge in [-0.25, -0.2) is 0 Å². The standard InChI is InChI=1S/C30H32N2O6/c1-31(2)16-17-32-27(21-12-8-13-22(18-21)38-19-20-10-6-5-7-11-20)26(29(34)30(32)35)28(33)25-23(36-3)14-9-15-24(25)37-4/h5-15,18,27,33H,16-17,19H2,1-4H3/b28-26+. The number of benzene rings is 3. The summed E-state index contributed by atoms with van der Waals surface area (Å²) >= 11 is 0. The van der Waals surface area contributed by atoms with E-state index in [0.717, 1.165) is 5.56 Å². The Morgan fingerprint density at radius 1 is 0.921 bits per heavy atom. The van der Waals surface area contributed by atoms with Gasteiger partial charge in [-0.1, -0.05) is 48.5 Å². The number of amides is 1. The lowest BCUT2D eigenvalue weighted by atomic mass is 9.94. The molecule has 1 saturated heterocycles. The first-order chi connectivity index (χ1) is 18.3. The molecule has 1 aliphatic heterocycles. The number of carbonyl (C=O) groups excluding carboxylic acids is 2. The molecule has 0 bridgehead atoms. The minimum atomic E-state index is -0.829. The molecule has 1 heterocycles. The van der Waals surface area contributed by atoms with Gasteiger partial charge in [0.2, 0.25) is 0 Å². The predicted molar refractivity (Wildman–Crippen MR) is 144 cm³/mol. The van der Waals surface area contributed by atoms with E-state index in [0.29, 0.717) is 36.0 Å². The molecule has 8 nitrogen and oxygen atoms in total. The molecule has 0 aromatic heterocycles. The Balaban J connectivity index is 1.81. The maximum Gasteiger partial charge on any atom is 0.295 e. The van der Waals surface area contributed by atoms with Gasteiger partial charge in [-0.15, -0.1) is 0 Å². The van der Waals surface area contributed by atoms with Crippen molar-refractivity contribution in [2.75, 3.05) is 41.4 Å². The molecular weight excluding hydrogens is 484 g/mol. The zero-order valence-corrected chi connectivity index (χ0v) is 22.0. The van der Waals surface area contributed by atoms with Crippen molar-refractivity contribution in [1.29, 1.82) is 0 Å². The Morgan fingerprint density at radius 2 is 1.58 bits per heavy atom. The molecule has 1 unspecified atom stereocenters. The zero-order chi connectivity index (χ0) is 27.2. The highest BCUT2D eigenvalue weighted by molar-refractivity contribution is 6.46. The van der Waals surface area contributed by atoms with Crippen LogP contribution in [0.2, 0.25) is 0 Å². The number of rotatable bonds is 10. The number of hydrogen-bond acceptors (Lipinski definition) is 7. The second kappa shape index (κ2) is 11.8. The molecule has 198 valence electrons. The van der Waals surface area contributed by atoms with E-state index in [1.807, 2.05) is 67.5 Å². The number of aliphatic hydroxyl groups excluding tert-OH is 1. The van der Waals surface area contributed by atoms with E-state index in [9.17, 15) is 14.7 Å². The molecule has 3 aromatic carbocycles. The van der Waals surface area contributed by atoms with Crippen molar-refractivity contribution in [3.63, 3.8) is 0 Å². The molecule has 1 fully saturated rings. The molecular formula is C30H32N2O6. The molecule has 4 rings (SSSR count). The fourth-order valence-electron chi connectivity index (χ4n) is 4.50. The lowest BCUT2D eigenvalue weighted by molar-refractivity contribution is -0.140. The smallest absolute Gasteiger partial charge is 0.295 e. The summed E-state index contributed by atoms with van der Waals surface area (Å²) in [4.78, 5) is 30.1. The number of hydrogen-bond donors (Lipinski definition) is 1. The van der Waals surface area contributed by atoms with Crippen LogP contribution in [0.25, 0.3) is 5.76 Å². The largest absolute Gasteiger partial charge is 0.506 e. The molecule has 0 aliphatic carbocycles. The number of aliphatic hydroxyl groups is 1. The number of ether oxygens (including phenoxy) is 3. The third-order valence-electron chi connectivity index (χ3n) is 6.41. The summed E-state index contributed by atoms with van der Waals surface area (Å²) < 4.78 is 16.9. The molecule has 0 radical (unpaired) electrons. The van der Waals surface area contributed by atoms with Gasteiger partial charge in [0.1, 0.15) is 35.2 Å². The van der Waals surface area contributed by atoms with Gasteiger partial charge < -0.3 is 29.1 Å². The number of likely N-dealkylation sites (tertiary alicyclic amines) is 1. The minimum absolute atomic E-state index is 0.0308. The Labute approximate surface area is 222 Å². The Bertz CT molecular complexity index is 1310. The summed E-state index contributed by atoms with van der Waals surface area (Å²) in [5.74, 6) is -0.581. The molecule has 1 atom stereocenters. The van der Waals surface area contributed by atoms with Crippen LogP contribution in [0.1, 0.15) is 22.7 Å². The fourth-order valence-corrected chi connectivity index (χ4v) is 4.50. The number of Topliss-reactive ketones (excluding diaryl/α,β-unsaturated/α-hetero) is 1. The van der Waals surface area contributed by atoms with Crippen LogP contribution in [-0.2, 0) is 16.2 Å². The van der Waals surface area contributed by atoms with Crippen LogP contribution in [0.5, 0.6) is 17.2 Å². The highest BCUT2D eigenvalue weighted by atomic mass is 16.5. The number of carbonyl (C=O) groups is 2. The first-order valence-electron chi connectivity index (χ1n) is 12.3. The van der Waals surface area contributed by atoms with Crippen molar-refractivity contribution in [2.24, 2.45) is 0 Å². The lowest BCUT2D eigenvalue weighted by Gasteiger charge is -2.27. The van der Waals surface area contributed by atoms with E-state index < -0.39 is 17.7 Å². The number of methoxy groups -OCH3 is 2. The summed E-state index contributed by atoms with van der Waals surface area (Å²) in [6, 6.07) is 21.2. The van der Waals surface area contributed by atoms with Gasteiger partial charge >= 0.3 is 0 Å². The second-order valence-corrected chi connectivity index (χ2v) is 9.18. The van der Waals surface area contributed by atoms with E-state index >= 15 is 0 Å². The SMILES string of the molecule is COc1cccc(OC)c1/C(O)=C1\C(=O)C(=O)N(CCN(C)C)C1c1cccc(OCc2ccccc2)c1. The summed E-state index contributed by atoms with van der Waals surface area (Å²) in [5, 5.41) is 11.6. The van der Waals surface area contributed by atoms with Gasteiger partial charge in [-0.05, 0) is 49.5 Å². The number of likely N-dealkylation sites (N-methyl/N-ethyl adjacent to an activating group) is 1. The number of nitrogens with zero attached hydrogens (tertiary/aromatic N) is 2. The van der Waals surface area contributed by atoms with Crippen molar-refractivity contribution >= 4 is 17.4 Å². The molecule has 3 aromatic rings. The highest BCUT2D eigenvalue weighted by Crippen LogP contribution is 2.43. The first kappa shape index (κ1) is 26.8. The van der Waals surface area contributed by atoms with Crippen LogP contribution in [-0.4, -0.2) is 68.0 Å². The van der Waals surface area contributed by atoms with Gasteiger partial charge in [0, 0.05) is 13.1 Å². The maximum absolute atomic E-state index is 13.4. The molecule has 8 heteroatoms. The predicted octanol–water partition coefficient (Wildman–Crippen LogP) is 4.27. The van der Waals surface area contributed by atoms with Crippen molar-refractivity contribution in [3.05, 3.63) is 95.1 Å². The van der Waals surface area contributed by atoms with Crippen LogP contribution in [0.3, 0.4) is 0 Å². The lowest BCUT2D eigenvalue weighted by Crippen LogP contribution is -2.35. The van der Waals surface area contributed by atoms with Gasteiger partial charge in [-0.2, -0.15) is 0 Å². The first-order valence-corrected chi connectivity index (χ1v) is 12.3. The average molecular weight is 517 g/mol. The fraction of sp³-hybridized carbons (Fsp3) is 0.267. The van der Waals surface area contributed by atoms with Gasteiger partial charge in [0.05, 0.1) is 25.8 Å². The van der Waals surface area contributed by atoms with E-state index in [1.165, 1.54) is 19.1 Å². The van der Waals surface area contributed by atoms with E-state index in [1.54, 1.807) is 24.3 Å². The monoisotopic (exact) mass is 516 g/mol. The van der Waals surface area contributed by atoms with E-state index in [4.69, 9.17) is 14.2 Å². The maximum atomic E-state index is 13.4. The molecule has 1 aliphatic rings. The second-order valence-electron chi connectivity index (χ2n) is 9.18. The van der Waals surface area contributed by atoms with Crippen LogP contribution >= 0.6 is 0 Å². The van der Waals surface area contributed by atoms with Crippen molar-refractivity contribution in [1.82, 2.24) is 9.80 Å². The highest BCUT2D eigenvalue weighted by Gasteiger charge is 2.46. The summed E-state index contributed by atoms with van der Waals surface area (Å²) in [5.41, 5.74) is 1.84. The van der Waals surface area contributed by atoms with Gasteiger partial charge in [0.15, 0.2) is 0 Å². The third-order valence-corrected chi connectivity index (χ3v) is 6.41. The minimum Gasteiger partial charge on any atom is -0.506 e. The Morgan fingerprint density at radius 3 is 2.21 bits per heavy atom. The van der Waals surface area contributed by atoms with E-state index in [2.05, 4.69) is 0 Å². The van der Waals surface area contributed by atoms with Crippen LogP contribution in [0.15, 0.2) is 78.4 Å². The molecule has 38 heavy (non-hydrogen) atoms. The van der Waals surface area contributed by atoms with Crippen molar-refractivity contribution in [2.45, 2.75) is 12.6 Å². The van der Waals surface area contributed by atoms with E-state index in [-0.39, 0.29) is 23.4 Å². The molecule has 0 spiro atoms. The summed E-state index contributed by atoms with van der Waals surface area (Å²) in [6.45, 7) is 1.19. The topological polar surface area (TPSA) is 88.5 Å². The van der Waals surface area contributed by atoms with Crippen molar-refractivity contribution < 1.29 is 28.9 Å². The molecule has 0 saturated carbocycles. The quantitative estimate of drug-likeness (QED) is 0.245. The van der Waals surface area contributed by atoms with Crippen molar-refractivity contribution in [3.8, 4) is 17.2 Å². The van der Waals surface area contributed by atoms with Crippen LogP contribution < -0.4 is 14.2 Å². The van der Waals surface area contributed by atoms with Gasteiger partial charge in [-0.3, -0.25) is 9.59 Å². The summed E-state index contributed by atoms with van der Waals surface area (Å²) in [7, 11) is 6.71. The average Bonchev–Trinajstić information content (AvgIpc) is 3.19. The Kier molecular flexibility index (Phi) is 8.33. The molecule has 1 amide bonds.